The molecule has 5 heteroatoms. The second-order valence-electron chi connectivity index (χ2n) is 13.9. The Balaban J connectivity index is 1.09. The molecule has 8 aromatic carbocycles. The summed E-state index contributed by atoms with van der Waals surface area (Å²) in [6.07, 6.45) is 0. The van der Waals surface area contributed by atoms with Gasteiger partial charge in [0, 0.05) is 27.8 Å². The molecule has 0 bridgehead atoms. The number of ether oxygens (including phenoxy) is 1. The summed E-state index contributed by atoms with van der Waals surface area (Å²) in [7, 11) is 0. The first-order valence-corrected chi connectivity index (χ1v) is 18.6. The van der Waals surface area contributed by atoms with Crippen molar-refractivity contribution in [2.75, 3.05) is 0 Å². The van der Waals surface area contributed by atoms with E-state index < -0.39 is 5.41 Å². The normalized spacial score (nSPS) is 12.6. The number of rotatable bonds is 6. The summed E-state index contributed by atoms with van der Waals surface area (Å²) in [5.41, 5.74) is 9.18. The minimum atomic E-state index is -0.611. The van der Waals surface area contributed by atoms with Crippen LogP contribution in [0, 0.1) is 11.3 Å². The Labute approximate surface area is 324 Å². The van der Waals surface area contributed by atoms with Crippen LogP contribution in [0.5, 0.6) is 11.5 Å². The molecular weight excluding hydrogens is 685 g/mol. The fourth-order valence-electron chi connectivity index (χ4n) is 7.98. The van der Waals surface area contributed by atoms with E-state index in [1.54, 1.807) is 12.1 Å². The van der Waals surface area contributed by atoms with Crippen LogP contribution >= 0.6 is 0 Å². The zero-order chi connectivity index (χ0) is 37.5. The minimum Gasteiger partial charge on any atom is -0.457 e. The number of benzene rings is 8. The predicted molar refractivity (Wildman–Crippen MR) is 222 cm³/mol. The zero-order valence-electron chi connectivity index (χ0n) is 30.2. The van der Waals surface area contributed by atoms with Crippen LogP contribution in [0.15, 0.2) is 194 Å². The van der Waals surface area contributed by atoms with Crippen molar-refractivity contribution >= 4 is 10.8 Å². The van der Waals surface area contributed by atoms with Crippen molar-refractivity contribution in [2.45, 2.75) is 5.41 Å². The molecule has 0 unspecified atom stereocenters. The molecule has 56 heavy (non-hydrogen) atoms. The number of nitriles is 1. The summed E-state index contributed by atoms with van der Waals surface area (Å²) in [6, 6.07) is 68.8. The maximum atomic E-state index is 9.34. The van der Waals surface area contributed by atoms with Gasteiger partial charge in [-0.1, -0.05) is 152 Å². The predicted octanol–water partition coefficient (Wildman–Crippen LogP) is 12.1. The summed E-state index contributed by atoms with van der Waals surface area (Å²) >= 11 is 0. The quantitative estimate of drug-likeness (QED) is 0.171. The van der Waals surface area contributed by atoms with Crippen molar-refractivity contribution in [1.29, 1.82) is 5.26 Å². The first-order chi connectivity index (χ1) is 27.7. The van der Waals surface area contributed by atoms with E-state index in [2.05, 4.69) is 146 Å². The van der Waals surface area contributed by atoms with Gasteiger partial charge >= 0.3 is 0 Å². The van der Waals surface area contributed by atoms with Crippen molar-refractivity contribution in [2.24, 2.45) is 0 Å². The SMILES string of the molecule is N#Cc1ccc(-c2nc(-c3ccccc3)nc(-c3ccc(-c4ccc5c(c4)Oc4cc6ccccc6cc4C5(c4ccccc4)c4ccccc4)cc3)n2)cc1. The lowest BCUT2D eigenvalue weighted by molar-refractivity contribution is 0.435. The lowest BCUT2D eigenvalue weighted by Crippen LogP contribution is -2.34. The van der Waals surface area contributed by atoms with Crippen LogP contribution in [0.1, 0.15) is 27.8 Å². The van der Waals surface area contributed by atoms with Crippen LogP contribution in [0.3, 0.4) is 0 Å². The van der Waals surface area contributed by atoms with Gasteiger partial charge in [0.15, 0.2) is 17.5 Å². The molecule has 0 saturated heterocycles. The van der Waals surface area contributed by atoms with Gasteiger partial charge in [0.2, 0.25) is 0 Å². The molecule has 0 radical (unpaired) electrons. The standard InChI is InChI=1S/C51H32N4O/c52-33-34-20-22-37(23-21-34)49-53-48(36-12-4-1-5-13-36)54-50(55-49)38-26-24-35(25-27-38)41-28-29-44-46(32-41)56-47-31-40-15-11-10-14-39(40)30-45(47)51(44,42-16-6-2-7-17-42)43-18-8-3-9-19-43/h1-32H. The van der Waals surface area contributed by atoms with Gasteiger partial charge in [-0.2, -0.15) is 5.26 Å². The number of hydrogen-bond donors (Lipinski definition) is 0. The van der Waals surface area contributed by atoms with Crippen LogP contribution < -0.4 is 4.74 Å². The second kappa shape index (κ2) is 13.6. The first-order valence-electron chi connectivity index (χ1n) is 18.6. The van der Waals surface area contributed by atoms with Crippen molar-refractivity contribution in [1.82, 2.24) is 15.0 Å². The molecule has 262 valence electrons. The van der Waals surface area contributed by atoms with E-state index in [4.69, 9.17) is 19.7 Å². The Morgan fingerprint density at radius 3 is 1.41 bits per heavy atom. The molecule has 5 nitrogen and oxygen atoms in total. The molecule has 0 N–H and O–H groups in total. The van der Waals surface area contributed by atoms with Crippen LogP contribution in [0.2, 0.25) is 0 Å². The third-order valence-electron chi connectivity index (χ3n) is 10.7. The van der Waals surface area contributed by atoms with Gasteiger partial charge in [0.25, 0.3) is 0 Å². The average molecular weight is 717 g/mol. The summed E-state index contributed by atoms with van der Waals surface area (Å²) in [5.74, 6) is 3.36. The molecule has 2 heterocycles. The van der Waals surface area contributed by atoms with E-state index in [-0.39, 0.29) is 0 Å². The van der Waals surface area contributed by atoms with Crippen molar-refractivity contribution < 1.29 is 4.74 Å². The Hall–Kier alpha value is -7.68. The molecule has 10 rings (SSSR count). The largest absolute Gasteiger partial charge is 0.457 e. The molecule has 0 fully saturated rings. The number of hydrogen-bond acceptors (Lipinski definition) is 5. The highest BCUT2D eigenvalue weighted by molar-refractivity contribution is 5.88. The third kappa shape index (κ3) is 5.60. The van der Waals surface area contributed by atoms with Crippen LogP contribution in [-0.2, 0) is 5.41 Å². The van der Waals surface area contributed by atoms with Gasteiger partial charge in [-0.3, -0.25) is 0 Å². The lowest BCUT2D eigenvalue weighted by atomic mass is 9.63. The topological polar surface area (TPSA) is 71.7 Å². The van der Waals surface area contributed by atoms with E-state index in [1.165, 1.54) is 16.5 Å². The highest BCUT2D eigenvalue weighted by Gasteiger charge is 2.45. The molecular formula is C51H32N4O. The van der Waals surface area contributed by atoms with E-state index in [0.717, 1.165) is 55.8 Å². The Morgan fingerprint density at radius 1 is 0.393 bits per heavy atom. The highest BCUT2D eigenvalue weighted by atomic mass is 16.5. The third-order valence-corrected chi connectivity index (χ3v) is 10.7. The summed E-state index contributed by atoms with van der Waals surface area (Å²) < 4.78 is 6.92. The number of fused-ring (bicyclic) bond motifs is 3. The van der Waals surface area contributed by atoms with Gasteiger partial charge in [-0.25, -0.2) is 15.0 Å². The monoisotopic (exact) mass is 716 g/mol. The lowest BCUT2D eigenvalue weighted by Gasteiger charge is -2.42. The molecule has 0 spiro atoms. The van der Waals surface area contributed by atoms with Gasteiger partial charge in [0.1, 0.15) is 11.5 Å². The van der Waals surface area contributed by atoms with E-state index >= 15 is 0 Å². The smallest absolute Gasteiger partial charge is 0.164 e. The average Bonchev–Trinajstić information content (AvgIpc) is 3.28. The minimum absolute atomic E-state index is 0.544. The first kappa shape index (κ1) is 32.9. The van der Waals surface area contributed by atoms with Gasteiger partial charge in [-0.05, 0) is 75.5 Å². The summed E-state index contributed by atoms with van der Waals surface area (Å²) in [6.45, 7) is 0. The fourth-order valence-corrected chi connectivity index (χ4v) is 7.98. The Kier molecular flexibility index (Phi) is 8.01. The number of nitrogens with zero attached hydrogens (tertiary/aromatic N) is 4. The molecule has 1 aliphatic rings. The molecule has 1 aromatic heterocycles. The van der Waals surface area contributed by atoms with Crippen LogP contribution in [0.25, 0.3) is 56.1 Å². The highest BCUT2D eigenvalue weighted by Crippen LogP contribution is 2.56. The summed E-state index contributed by atoms with van der Waals surface area (Å²) in [5, 5.41) is 11.6. The maximum Gasteiger partial charge on any atom is 0.164 e. The van der Waals surface area contributed by atoms with E-state index in [1.807, 2.05) is 42.5 Å². The van der Waals surface area contributed by atoms with Crippen LogP contribution in [0.4, 0.5) is 0 Å². The molecule has 0 aliphatic carbocycles. The summed E-state index contributed by atoms with van der Waals surface area (Å²) in [4.78, 5) is 14.7. The molecule has 1 aliphatic heterocycles. The van der Waals surface area contributed by atoms with E-state index in [0.29, 0.717) is 23.0 Å². The Morgan fingerprint density at radius 2 is 0.839 bits per heavy atom. The van der Waals surface area contributed by atoms with Gasteiger partial charge < -0.3 is 4.74 Å². The van der Waals surface area contributed by atoms with E-state index in [9.17, 15) is 5.26 Å². The maximum absolute atomic E-state index is 9.34. The molecule has 0 atom stereocenters. The fraction of sp³-hybridized carbons (Fsp3) is 0.0196. The van der Waals surface area contributed by atoms with Crippen molar-refractivity contribution in [3.8, 4) is 62.9 Å². The van der Waals surface area contributed by atoms with Crippen molar-refractivity contribution in [3.05, 3.63) is 222 Å². The van der Waals surface area contributed by atoms with Crippen molar-refractivity contribution in [3.63, 3.8) is 0 Å². The molecule has 9 aromatic rings. The van der Waals surface area contributed by atoms with Gasteiger partial charge in [0.05, 0.1) is 17.0 Å². The number of aromatic nitrogens is 3. The van der Waals surface area contributed by atoms with Gasteiger partial charge in [-0.15, -0.1) is 0 Å². The zero-order valence-corrected chi connectivity index (χ0v) is 30.2. The molecule has 0 amide bonds. The second-order valence-corrected chi connectivity index (χ2v) is 13.9. The molecule has 0 saturated carbocycles. The Bertz CT molecular complexity index is 2880. The van der Waals surface area contributed by atoms with Crippen LogP contribution in [-0.4, -0.2) is 15.0 Å².